The number of anilines is 3. The lowest BCUT2D eigenvalue weighted by Gasteiger charge is -2.27. The smallest absolute Gasteiger partial charge is 0.138 e. The van der Waals surface area contributed by atoms with E-state index in [0.29, 0.717) is 0 Å². The first-order valence-corrected chi connectivity index (χ1v) is 20.2. The Labute approximate surface area is 347 Å². The van der Waals surface area contributed by atoms with Gasteiger partial charge >= 0.3 is 0 Å². The van der Waals surface area contributed by atoms with Crippen molar-refractivity contribution in [2.24, 2.45) is 0 Å². The molecule has 0 N–H and O–H groups in total. The molecule has 0 atom stereocenters. The van der Waals surface area contributed by atoms with Gasteiger partial charge < -0.3 is 4.57 Å². The molecular weight excluding hydrogens is 715 g/mol. The third kappa shape index (κ3) is 7.55. The molecule has 1 aliphatic carbocycles. The Morgan fingerprint density at radius 3 is 2.00 bits per heavy atom. The number of hydrogen-bond donors (Lipinski definition) is 0. The van der Waals surface area contributed by atoms with Gasteiger partial charge in [-0.1, -0.05) is 164 Å². The Hall–Kier alpha value is -7.49. The fourth-order valence-electron chi connectivity index (χ4n) is 8.18. The molecule has 2 heterocycles. The maximum absolute atomic E-state index is 5.37. The van der Waals surface area contributed by atoms with E-state index in [1.54, 1.807) is 0 Å². The van der Waals surface area contributed by atoms with Crippen LogP contribution in [0.5, 0.6) is 0 Å². The van der Waals surface area contributed by atoms with E-state index in [-0.39, 0.29) is 0 Å². The lowest BCUT2D eigenvalue weighted by Crippen LogP contribution is -2.13. The molecule has 0 bridgehead atoms. The lowest BCUT2D eigenvalue weighted by molar-refractivity contribution is 1.05. The molecule has 0 spiro atoms. The van der Waals surface area contributed by atoms with Crippen molar-refractivity contribution < 1.29 is 0 Å². The van der Waals surface area contributed by atoms with Gasteiger partial charge in [0.15, 0.2) is 0 Å². The van der Waals surface area contributed by atoms with Crippen LogP contribution in [0.1, 0.15) is 28.8 Å². The molecule has 0 saturated carbocycles. The molecule has 0 radical (unpaired) electrons. The highest BCUT2D eigenvalue weighted by atomic mass is 15.2. The Bertz CT molecular complexity index is 2910. The number of hydrogen-bond acceptors (Lipinski definition) is 2. The number of para-hydroxylation sites is 1. The first-order chi connectivity index (χ1) is 29.1. The molecule has 3 nitrogen and oxygen atoms in total. The predicted molar refractivity (Wildman–Crippen MR) is 252 cm³/mol. The number of benzene rings is 6. The quantitative estimate of drug-likeness (QED) is 0.130. The third-order valence-electron chi connectivity index (χ3n) is 11.1. The Kier molecular flexibility index (Phi) is 10.4. The summed E-state index contributed by atoms with van der Waals surface area (Å²) in [5, 5.41) is 1.20. The van der Waals surface area contributed by atoms with E-state index >= 15 is 0 Å². The summed E-state index contributed by atoms with van der Waals surface area (Å²) in [6, 6.07) is 58.6. The van der Waals surface area contributed by atoms with Crippen LogP contribution in [0.15, 0.2) is 213 Å². The van der Waals surface area contributed by atoms with Crippen LogP contribution in [-0.4, -0.2) is 9.55 Å². The normalized spacial score (nSPS) is 12.5. The van der Waals surface area contributed by atoms with Crippen molar-refractivity contribution in [2.45, 2.75) is 20.3 Å². The van der Waals surface area contributed by atoms with Crippen LogP contribution >= 0.6 is 0 Å². The van der Waals surface area contributed by atoms with Gasteiger partial charge in [0.25, 0.3) is 0 Å². The number of fused-ring (bicyclic) bond motifs is 1. The SMILES string of the molecule is C=C/C=C\c1c(C)n(-c2ccc(-c3ccccc3)cc2)c2cc(-c3ccc(N(c4ccccc4)c4cc(C5=CC=CC=CC5)cc(-c5ccccc5)n4)c(C)c3)ccc12. The standard InChI is InChI=1S/C56H45N3/c1-4-5-27-51-41(3)58(50-32-28-44(29-33-50)42-19-13-8-14-20-42)55-38-47(30-34-52(51)55)46-31-35-54(40(2)36-46)59(49-25-17-10-18-26-49)56-39-48(43-21-11-6-7-12-22-43)37-53(57-56)45-23-15-9-16-24-45/h4-21,23-39H,1,22H2,2-3H3/b27-5-. The zero-order valence-corrected chi connectivity index (χ0v) is 33.5. The molecule has 0 amide bonds. The second-order valence-electron chi connectivity index (χ2n) is 14.9. The Morgan fingerprint density at radius 1 is 0.610 bits per heavy atom. The molecule has 0 saturated heterocycles. The number of aromatic nitrogens is 2. The average Bonchev–Trinajstić information content (AvgIpc) is 3.41. The molecule has 6 aromatic carbocycles. The molecule has 0 fully saturated rings. The van der Waals surface area contributed by atoms with Crippen molar-refractivity contribution in [1.29, 1.82) is 0 Å². The van der Waals surface area contributed by atoms with Gasteiger partial charge in [0.1, 0.15) is 5.82 Å². The predicted octanol–water partition coefficient (Wildman–Crippen LogP) is 15.2. The summed E-state index contributed by atoms with van der Waals surface area (Å²) in [6.45, 7) is 8.36. The van der Waals surface area contributed by atoms with E-state index in [1.807, 2.05) is 12.2 Å². The maximum Gasteiger partial charge on any atom is 0.138 e. The van der Waals surface area contributed by atoms with Crippen LogP contribution in [0.25, 0.3) is 61.8 Å². The fourth-order valence-corrected chi connectivity index (χ4v) is 8.18. The molecule has 1 aliphatic rings. The van der Waals surface area contributed by atoms with Gasteiger partial charge in [0, 0.05) is 33.6 Å². The largest absolute Gasteiger partial charge is 0.313 e. The first kappa shape index (κ1) is 37.1. The molecule has 0 aliphatic heterocycles. The zero-order chi connectivity index (χ0) is 40.1. The highest BCUT2D eigenvalue weighted by Gasteiger charge is 2.20. The van der Waals surface area contributed by atoms with Crippen LogP contribution < -0.4 is 4.90 Å². The van der Waals surface area contributed by atoms with Crippen LogP contribution in [0.3, 0.4) is 0 Å². The van der Waals surface area contributed by atoms with Crippen LogP contribution in [0.4, 0.5) is 17.2 Å². The van der Waals surface area contributed by atoms with E-state index in [2.05, 4.69) is 230 Å². The third-order valence-corrected chi connectivity index (χ3v) is 11.1. The van der Waals surface area contributed by atoms with Crippen LogP contribution in [0.2, 0.25) is 0 Å². The molecule has 0 unspecified atom stereocenters. The van der Waals surface area contributed by atoms with E-state index in [1.165, 1.54) is 33.3 Å². The summed E-state index contributed by atoms with van der Waals surface area (Å²) in [6.07, 6.45) is 17.6. The molecule has 284 valence electrons. The number of nitrogens with zero attached hydrogens (tertiary/aromatic N) is 3. The van der Waals surface area contributed by atoms with Crippen molar-refractivity contribution in [3.05, 3.63) is 235 Å². The van der Waals surface area contributed by atoms with Gasteiger partial charge in [-0.05, 0) is 114 Å². The molecule has 9 rings (SSSR count). The highest BCUT2D eigenvalue weighted by Crippen LogP contribution is 2.41. The van der Waals surface area contributed by atoms with Crippen molar-refractivity contribution in [2.75, 3.05) is 4.90 Å². The van der Waals surface area contributed by atoms with Crippen molar-refractivity contribution in [3.8, 4) is 39.2 Å². The minimum atomic E-state index is 0.849. The maximum atomic E-state index is 5.37. The minimum absolute atomic E-state index is 0.849. The zero-order valence-electron chi connectivity index (χ0n) is 33.5. The van der Waals surface area contributed by atoms with Gasteiger partial charge in [0.2, 0.25) is 0 Å². The van der Waals surface area contributed by atoms with E-state index in [4.69, 9.17) is 4.98 Å². The lowest BCUT2D eigenvalue weighted by atomic mass is 9.98. The summed E-state index contributed by atoms with van der Waals surface area (Å²) in [5.41, 5.74) is 17.1. The highest BCUT2D eigenvalue weighted by molar-refractivity contribution is 5.96. The minimum Gasteiger partial charge on any atom is -0.313 e. The van der Waals surface area contributed by atoms with Gasteiger partial charge in [-0.15, -0.1) is 0 Å². The van der Waals surface area contributed by atoms with Crippen molar-refractivity contribution in [3.63, 3.8) is 0 Å². The number of aryl methyl sites for hydroxylation is 1. The second-order valence-corrected chi connectivity index (χ2v) is 14.9. The summed E-state index contributed by atoms with van der Waals surface area (Å²) in [4.78, 5) is 7.67. The molecule has 59 heavy (non-hydrogen) atoms. The molecular formula is C56H45N3. The van der Waals surface area contributed by atoms with Gasteiger partial charge in [-0.2, -0.15) is 0 Å². The first-order valence-electron chi connectivity index (χ1n) is 20.2. The van der Waals surface area contributed by atoms with E-state index in [0.717, 1.165) is 68.3 Å². The monoisotopic (exact) mass is 759 g/mol. The van der Waals surface area contributed by atoms with Crippen LogP contribution in [-0.2, 0) is 0 Å². The number of rotatable bonds is 10. The molecule has 8 aromatic rings. The van der Waals surface area contributed by atoms with Crippen molar-refractivity contribution in [1.82, 2.24) is 9.55 Å². The summed E-state index contributed by atoms with van der Waals surface area (Å²) in [5.74, 6) is 0.870. The van der Waals surface area contributed by atoms with Crippen molar-refractivity contribution >= 4 is 39.7 Å². The fraction of sp³-hybridized carbons (Fsp3) is 0.0536. The average molecular weight is 760 g/mol. The Balaban J connectivity index is 1.15. The second kappa shape index (κ2) is 16.5. The summed E-state index contributed by atoms with van der Waals surface area (Å²) >= 11 is 0. The van der Waals surface area contributed by atoms with Gasteiger partial charge in [0.05, 0.1) is 16.9 Å². The topological polar surface area (TPSA) is 21.1 Å². The van der Waals surface area contributed by atoms with Crippen LogP contribution in [0, 0.1) is 13.8 Å². The van der Waals surface area contributed by atoms with E-state index < -0.39 is 0 Å². The Morgan fingerprint density at radius 2 is 1.27 bits per heavy atom. The van der Waals surface area contributed by atoms with E-state index in [9.17, 15) is 0 Å². The number of pyridine rings is 1. The number of allylic oxidation sites excluding steroid dienone is 8. The molecule has 3 heteroatoms. The summed E-state index contributed by atoms with van der Waals surface area (Å²) < 4.78 is 2.38. The molecule has 2 aromatic heterocycles. The van der Waals surface area contributed by atoms with Gasteiger partial charge in [-0.25, -0.2) is 4.98 Å². The van der Waals surface area contributed by atoms with Gasteiger partial charge in [-0.3, -0.25) is 4.90 Å². The summed E-state index contributed by atoms with van der Waals surface area (Å²) in [7, 11) is 0.